The summed E-state index contributed by atoms with van der Waals surface area (Å²) in [6.45, 7) is 2.48. The van der Waals surface area contributed by atoms with E-state index in [0.717, 1.165) is 0 Å². The molecule has 0 spiro atoms. The van der Waals surface area contributed by atoms with E-state index in [0.29, 0.717) is 41.8 Å². The predicted molar refractivity (Wildman–Crippen MR) is 120 cm³/mol. The summed E-state index contributed by atoms with van der Waals surface area (Å²) >= 11 is 6.18. The maximum Gasteiger partial charge on any atom is 0.336 e. The van der Waals surface area contributed by atoms with Gasteiger partial charge in [-0.2, -0.15) is 0 Å². The molecular weight excluding hydrogens is 453 g/mol. The number of likely N-dealkylation sites (tertiary alicyclic amines) is 1. The third-order valence-corrected chi connectivity index (χ3v) is 5.97. The molecule has 1 amide bonds. The van der Waals surface area contributed by atoms with E-state index in [1.54, 1.807) is 24.0 Å². The largest absolute Gasteiger partial charge is 0.481 e. The van der Waals surface area contributed by atoms with Crippen molar-refractivity contribution in [2.24, 2.45) is 5.92 Å². The number of halogens is 2. The molecule has 0 radical (unpaired) electrons. The van der Waals surface area contributed by atoms with Crippen molar-refractivity contribution >= 4 is 34.4 Å². The molecule has 3 aromatic rings. The van der Waals surface area contributed by atoms with Gasteiger partial charge in [-0.05, 0) is 49.6 Å². The topological polar surface area (TPSA) is 97.0 Å². The minimum atomic E-state index is -0.877. The summed E-state index contributed by atoms with van der Waals surface area (Å²) in [6.07, 6.45) is -0.142. The lowest BCUT2D eigenvalue weighted by Crippen LogP contribution is -2.39. The van der Waals surface area contributed by atoms with E-state index < -0.39 is 23.5 Å². The zero-order chi connectivity index (χ0) is 23.7. The van der Waals surface area contributed by atoms with Gasteiger partial charge in [0.05, 0.1) is 5.02 Å². The van der Waals surface area contributed by atoms with E-state index in [-0.39, 0.29) is 28.9 Å². The van der Waals surface area contributed by atoms with Crippen LogP contribution in [0.1, 0.15) is 19.8 Å². The van der Waals surface area contributed by atoms with E-state index in [1.807, 2.05) is 0 Å². The number of hydrogen-bond donors (Lipinski definition) is 1. The summed E-state index contributed by atoms with van der Waals surface area (Å²) in [5, 5.41) is 9.68. The van der Waals surface area contributed by atoms with Gasteiger partial charge in [0.1, 0.15) is 17.1 Å². The van der Waals surface area contributed by atoms with Crippen molar-refractivity contribution in [1.82, 2.24) is 4.90 Å². The number of carbonyl (C=O) groups excluding carboxylic acids is 1. The zero-order valence-corrected chi connectivity index (χ0v) is 18.5. The Kier molecular flexibility index (Phi) is 6.37. The van der Waals surface area contributed by atoms with Gasteiger partial charge in [-0.1, -0.05) is 11.6 Å². The molecular formula is C24H21ClFNO6. The molecule has 2 atom stereocenters. The molecule has 2 heterocycles. The molecule has 4 rings (SSSR count). The van der Waals surface area contributed by atoms with E-state index in [4.69, 9.17) is 25.9 Å². The van der Waals surface area contributed by atoms with Crippen molar-refractivity contribution in [3.8, 4) is 16.9 Å². The van der Waals surface area contributed by atoms with E-state index in [2.05, 4.69) is 0 Å². The number of ether oxygens (including phenoxy) is 1. The van der Waals surface area contributed by atoms with Crippen molar-refractivity contribution in [3.05, 3.63) is 63.7 Å². The van der Waals surface area contributed by atoms with Crippen LogP contribution in [-0.2, 0) is 9.59 Å². The average molecular weight is 474 g/mol. The number of carbonyl (C=O) groups is 2. The molecule has 1 saturated heterocycles. The summed E-state index contributed by atoms with van der Waals surface area (Å²) in [5.74, 6) is -1.34. The van der Waals surface area contributed by atoms with Gasteiger partial charge < -0.3 is 19.2 Å². The number of rotatable bonds is 6. The third-order valence-electron chi connectivity index (χ3n) is 5.66. The SMILES string of the molecule is C[C@@H](Oc1ccc2c(-c3ccc(F)cc3Cl)cc(=O)oc2c1)C(=O)N1CC[C@@H](CC(=O)O)C1. The number of benzene rings is 2. The molecule has 9 heteroatoms. The Labute approximate surface area is 193 Å². The number of hydrogen-bond acceptors (Lipinski definition) is 5. The number of carboxylic acids is 1. The fourth-order valence-corrected chi connectivity index (χ4v) is 4.37. The Morgan fingerprint density at radius 2 is 2.03 bits per heavy atom. The quantitative estimate of drug-likeness (QED) is 0.535. The van der Waals surface area contributed by atoms with E-state index in [1.165, 1.54) is 30.3 Å². The summed E-state index contributed by atoms with van der Waals surface area (Å²) in [5.41, 5.74) is 0.597. The Hall–Kier alpha value is -3.39. The second-order valence-corrected chi connectivity index (χ2v) is 8.47. The van der Waals surface area contributed by atoms with Gasteiger partial charge in [0.25, 0.3) is 5.91 Å². The molecule has 1 aliphatic rings. The summed E-state index contributed by atoms with van der Waals surface area (Å²) in [4.78, 5) is 37.4. The second kappa shape index (κ2) is 9.23. The third kappa shape index (κ3) is 5.01. The highest BCUT2D eigenvalue weighted by molar-refractivity contribution is 6.33. The van der Waals surface area contributed by atoms with Gasteiger partial charge >= 0.3 is 11.6 Å². The minimum absolute atomic E-state index is 0.0309. The lowest BCUT2D eigenvalue weighted by atomic mass is 10.0. The van der Waals surface area contributed by atoms with E-state index in [9.17, 15) is 18.8 Å². The molecule has 33 heavy (non-hydrogen) atoms. The minimum Gasteiger partial charge on any atom is -0.481 e. The Balaban J connectivity index is 1.55. The molecule has 1 fully saturated rings. The van der Waals surface area contributed by atoms with Gasteiger partial charge in [0.2, 0.25) is 0 Å². The highest BCUT2D eigenvalue weighted by Gasteiger charge is 2.31. The second-order valence-electron chi connectivity index (χ2n) is 8.06. The van der Waals surface area contributed by atoms with Crippen LogP contribution in [0.4, 0.5) is 4.39 Å². The monoisotopic (exact) mass is 473 g/mol. The van der Waals surface area contributed by atoms with Crippen LogP contribution in [0.25, 0.3) is 22.1 Å². The van der Waals surface area contributed by atoms with Crippen molar-refractivity contribution in [2.45, 2.75) is 25.9 Å². The first-order valence-corrected chi connectivity index (χ1v) is 10.8. The smallest absolute Gasteiger partial charge is 0.336 e. The number of fused-ring (bicyclic) bond motifs is 1. The molecule has 1 N–H and O–H groups in total. The van der Waals surface area contributed by atoms with Crippen LogP contribution in [0.15, 0.2) is 51.7 Å². The first-order valence-electron chi connectivity index (χ1n) is 10.4. The van der Waals surface area contributed by atoms with Gasteiger partial charge in [0.15, 0.2) is 6.10 Å². The Morgan fingerprint density at radius 3 is 2.76 bits per heavy atom. The molecule has 1 aromatic heterocycles. The molecule has 0 bridgehead atoms. The highest BCUT2D eigenvalue weighted by Crippen LogP contribution is 2.34. The van der Waals surface area contributed by atoms with Gasteiger partial charge in [-0.3, -0.25) is 9.59 Å². The maximum absolute atomic E-state index is 13.4. The number of aliphatic carboxylic acids is 1. The number of carboxylic acid groups (broad SMARTS) is 1. The average Bonchev–Trinajstić information content (AvgIpc) is 3.20. The fourth-order valence-electron chi connectivity index (χ4n) is 4.11. The predicted octanol–water partition coefficient (Wildman–Crippen LogP) is 4.34. The lowest BCUT2D eigenvalue weighted by Gasteiger charge is -2.22. The van der Waals surface area contributed by atoms with Gasteiger partial charge in [0, 0.05) is 48.2 Å². The van der Waals surface area contributed by atoms with Crippen LogP contribution in [0.5, 0.6) is 5.75 Å². The van der Waals surface area contributed by atoms with Crippen LogP contribution in [-0.4, -0.2) is 41.1 Å². The molecule has 0 aliphatic carbocycles. The van der Waals surface area contributed by atoms with E-state index >= 15 is 0 Å². The van der Waals surface area contributed by atoms with Crippen molar-refractivity contribution in [3.63, 3.8) is 0 Å². The molecule has 7 nitrogen and oxygen atoms in total. The summed E-state index contributed by atoms with van der Waals surface area (Å²) in [6, 6.07) is 10.0. The lowest BCUT2D eigenvalue weighted by molar-refractivity contribution is -0.139. The fraction of sp³-hybridized carbons (Fsp3) is 0.292. The Bertz CT molecular complexity index is 1290. The van der Waals surface area contributed by atoms with Crippen LogP contribution in [0.3, 0.4) is 0 Å². The molecule has 0 saturated carbocycles. The molecule has 172 valence electrons. The molecule has 2 aromatic carbocycles. The normalized spacial score (nSPS) is 16.7. The number of nitrogens with zero attached hydrogens (tertiary/aromatic N) is 1. The standard InChI is InChI=1S/C24H21ClFNO6/c1-13(24(31)27-7-6-14(12-27)8-22(28)29)32-16-3-5-18-19(11-23(30)33-21(18)10-16)17-4-2-15(26)9-20(17)25/h2-5,9-11,13-14H,6-8,12H2,1H3,(H,28,29)/t13-,14+/m1/s1. The highest BCUT2D eigenvalue weighted by atomic mass is 35.5. The molecule has 1 aliphatic heterocycles. The van der Waals surface area contributed by atoms with Crippen molar-refractivity contribution < 1.29 is 28.2 Å². The van der Waals surface area contributed by atoms with Crippen LogP contribution in [0.2, 0.25) is 5.02 Å². The molecule has 0 unspecified atom stereocenters. The zero-order valence-electron chi connectivity index (χ0n) is 17.7. The van der Waals surface area contributed by atoms with Crippen molar-refractivity contribution in [2.75, 3.05) is 13.1 Å². The first kappa shape index (κ1) is 22.8. The Morgan fingerprint density at radius 1 is 1.24 bits per heavy atom. The summed E-state index contributed by atoms with van der Waals surface area (Å²) < 4.78 is 24.6. The van der Waals surface area contributed by atoms with Gasteiger partial charge in [-0.25, -0.2) is 9.18 Å². The van der Waals surface area contributed by atoms with Crippen LogP contribution >= 0.6 is 11.6 Å². The first-order chi connectivity index (χ1) is 15.7. The van der Waals surface area contributed by atoms with Gasteiger partial charge in [-0.15, -0.1) is 0 Å². The van der Waals surface area contributed by atoms with Crippen molar-refractivity contribution in [1.29, 1.82) is 0 Å². The van der Waals surface area contributed by atoms with Crippen LogP contribution in [0, 0.1) is 11.7 Å². The maximum atomic E-state index is 13.4. The van der Waals surface area contributed by atoms with Crippen LogP contribution < -0.4 is 10.4 Å². The summed E-state index contributed by atoms with van der Waals surface area (Å²) in [7, 11) is 0. The number of amides is 1.